The molecule has 0 aliphatic rings. The largest absolute Gasteiger partial charge is 0.497 e. The number of rotatable bonds is 13. The zero-order valence-corrected chi connectivity index (χ0v) is 19.6. The van der Waals surface area contributed by atoms with Gasteiger partial charge in [-0.1, -0.05) is 23.9 Å². The van der Waals surface area contributed by atoms with Gasteiger partial charge in [0, 0.05) is 26.1 Å². The molecule has 0 fully saturated rings. The molecule has 3 rings (SSSR count). The van der Waals surface area contributed by atoms with Gasteiger partial charge in [0.25, 0.3) is 0 Å². The van der Waals surface area contributed by atoms with Gasteiger partial charge in [0.1, 0.15) is 11.6 Å². The summed E-state index contributed by atoms with van der Waals surface area (Å²) in [5, 5.41) is 12.2. The van der Waals surface area contributed by atoms with Crippen molar-refractivity contribution < 1.29 is 14.3 Å². The number of hydrogen-bond donors (Lipinski definition) is 2. The summed E-state index contributed by atoms with van der Waals surface area (Å²) in [5.74, 6) is 1.56. The van der Waals surface area contributed by atoms with Crippen molar-refractivity contribution in [1.29, 1.82) is 0 Å². The molecule has 2 N–H and O–H groups in total. The van der Waals surface area contributed by atoms with Crippen molar-refractivity contribution in [1.82, 2.24) is 25.1 Å². The highest BCUT2D eigenvalue weighted by atomic mass is 32.2. The number of anilines is 1. The number of aromatic nitrogens is 4. The number of carbonyl (C=O) groups excluding carboxylic acids is 1. The van der Waals surface area contributed by atoms with Crippen LogP contribution in [-0.4, -0.2) is 65.3 Å². The number of nitrogens with one attached hydrogen (secondary N) is 2. The Kier molecular flexibility index (Phi) is 9.12. The molecule has 0 radical (unpaired) electrons. The smallest absolute Gasteiger partial charge is 0.220 e. The molecule has 0 bridgehead atoms. The Morgan fingerprint density at radius 3 is 2.72 bits per heavy atom. The molecule has 0 unspecified atom stereocenters. The first-order valence-electron chi connectivity index (χ1n) is 10.6. The normalized spacial score (nSPS) is 11.0. The number of nitrogens with zero attached hydrogens (tertiary/aromatic N) is 4. The molecular formula is C22H30N6O3S. The molecule has 1 aromatic carbocycles. The Morgan fingerprint density at radius 2 is 2.00 bits per heavy atom. The van der Waals surface area contributed by atoms with Crippen LogP contribution in [0.1, 0.15) is 18.9 Å². The Hall–Kier alpha value is -2.85. The number of aryl methyl sites for hydroxylation is 1. The molecule has 0 saturated carbocycles. The average molecular weight is 459 g/mol. The summed E-state index contributed by atoms with van der Waals surface area (Å²) in [6, 6.07) is 7.76. The third-order valence-corrected chi connectivity index (χ3v) is 5.39. The number of fused-ring (bicyclic) bond motifs is 1. The van der Waals surface area contributed by atoms with Crippen LogP contribution in [0.2, 0.25) is 0 Å². The summed E-state index contributed by atoms with van der Waals surface area (Å²) in [6.45, 7) is 4.92. The van der Waals surface area contributed by atoms with Crippen LogP contribution >= 0.6 is 11.8 Å². The van der Waals surface area contributed by atoms with Crippen LogP contribution in [0, 0.1) is 0 Å². The van der Waals surface area contributed by atoms with Gasteiger partial charge in [-0.25, -0.2) is 14.6 Å². The molecule has 9 nitrogen and oxygen atoms in total. The van der Waals surface area contributed by atoms with E-state index in [1.54, 1.807) is 18.0 Å². The van der Waals surface area contributed by atoms with Crippen LogP contribution in [-0.2, 0) is 22.5 Å². The van der Waals surface area contributed by atoms with Crippen molar-refractivity contribution in [2.75, 3.05) is 45.0 Å². The van der Waals surface area contributed by atoms with E-state index in [1.165, 1.54) is 11.8 Å². The molecule has 1 amide bonds. The average Bonchev–Trinajstić information content (AvgIpc) is 3.23. The highest BCUT2D eigenvalue weighted by molar-refractivity contribution is 7.98. The van der Waals surface area contributed by atoms with Crippen molar-refractivity contribution in [3.8, 4) is 5.75 Å². The predicted octanol–water partition coefficient (Wildman–Crippen LogP) is 2.75. The van der Waals surface area contributed by atoms with Crippen molar-refractivity contribution in [3.05, 3.63) is 36.0 Å². The van der Waals surface area contributed by atoms with E-state index < -0.39 is 0 Å². The molecular weight excluding hydrogens is 428 g/mol. The maximum Gasteiger partial charge on any atom is 0.220 e. The van der Waals surface area contributed by atoms with Crippen LogP contribution in [0.5, 0.6) is 5.75 Å². The third kappa shape index (κ3) is 6.57. The van der Waals surface area contributed by atoms with Gasteiger partial charge in [0.15, 0.2) is 10.8 Å². The van der Waals surface area contributed by atoms with E-state index in [0.29, 0.717) is 50.8 Å². The van der Waals surface area contributed by atoms with Crippen LogP contribution in [0.25, 0.3) is 11.0 Å². The summed E-state index contributed by atoms with van der Waals surface area (Å²) in [4.78, 5) is 21.4. The van der Waals surface area contributed by atoms with Gasteiger partial charge in [0.05, 0.1) is 31.8 Å². The molecule has 32 heavy (non-hydrogen) atoms. The summed E-state index contributed by atoms with van der Waals surface area (Å²) in [5.41, 5.74) is 1.85. The Morgan fingerprint density at radius 1 is 1.19 bits per heavy atom. The van der Waals surface area contributed by atoms with E-state index in [1.807, 2.05) is 37.4 Å². The third-order valence-electron chi connectivity index (χ3n) is 4.85. The number of thioether (sulfide) groups is 1. The standard InChI is InChI=1S/C22H30N6O3S/c1-4-31-14-12-24-20-18-15-25-28(21(18)27-22(26-20)32-3)13-11-23-19(29)10-7-16-5-8-17(30-2)9-6-16/h5-6,8-9,15H,4,7,10-14H2,1-3H3,(H,23,29)(H,24,26,27). The number of carbonyl (C=O) groups is 1. The fourth-order valence-electron chi connectivity index (χ4n) is 3.15. The second-order valence-corrected chi connectivity index (χ2v) is 7.76. The first-order valence-corrected chi connectivity index (χ1v) is 11.9. The van der Waals surface area contributed by atoms with E-state index in [-0.39, 0.29) is 5.91 Å². The summed E-state index contributed by atoms with van der Waals surface area (Å²) >= 11 is 1.48. The van der Waals surface area contributed by atoms with Crippen LogP contribution in [0.15, 0.2) is 35.6 Å². The van der Waals surface area contributed by atoms with Gasteiger partial charge in [-0.05, 0) is 37.3 Å². The maximum atomic E-state index is 12.2. The zero-order valence-electron chi connectivity index (χ0n) is 18.8. The number of ether oxygens (including phenoxy) is 2. The Balaban J connectivity index is 1.54. The molecule has 2 heterocycles. The van der Waals surface area contributed by atoms with Crippen molar-refractivity contribution >= 4 is 34.5 Å². The molecule has 172 valence electrons. The fraction of sp³-hybridized carbons (Fsp3) is 0.455. The predicted molar refractivity (Wildman–Crippen MR) is 126 cm³/mol. The number of amides is 1. The lowest BCUT2D eigenvalue weighted by molar-refractivity contribution is -0.121. The van der Waals surface area contributed by atoms with E-state index >= 15 is 0 Å². The van der Waals surface area contributed by atoms with Crippen LogP contribution in [0.4, 0.5) is 5.82 Å². The molecule has 0 aliphatic carbocycles. The van der Waals surface area contributed by atoms with Gasteiger partial charge < -0.3 is 20.1 Å². The van der Waals surface area contributed by atoms with Gasteiger partial charge in [-0.2, -0.15) is 5.10 Å². The highest BCUT2D eigenvalue weighted by Crippen LogP contribution is 2.23. The first kappa shape index (κ1) is 23.8. The second kappa shape index (κ2) is 12.3. The SMILES string of the molecule is CCOCCNc1nc(SC)nc2c1cnn2CCNC(=O)CCc1ccc(OC)cc1. The van der Waals surface area contributed by atoms with E-state index in [9.17, 15) is 4.79 Å². The summed E-state index contributed by atoms with van der Waals surface area (Å²) in [6.07, 6.45) is 4.81. The molecule has 0 saturated heterocycles. The number of benzene rings is 1. The van der Waals surface area contributed by atoms with Crippen LogP contribution in [0.3, 0.4) is 0 Å². The molecule has 0 atom stereocenters. The lowest BCUT2D eigenvalue weighted by Crippen LogP contribution is -2.27. The van der Waals surface area contributed by atoms with E-state index in [4.69, 9.17) is 9.47 Å². The lowest BCUT2D eigenvalue weighted by Gasteiger charge is -2.09. The monoisotopic (exact) mass is 458 g/mol. The highest BCUT2D eigenvalue weighted by Gasteiger charge is 2.13. The molecule has 3 aromatic rings. The Labute approximate surface area is 192 Å². The Bertz CT molecular complexity index is 1010. The minimum absolute atomic E-state index is 0.00925. The number of hydrogen-bond acceptors (Lipinski definition) is 8. The van der Waals surface area contributed by atoms with Crippen molar-refractivity contribution in [2.24, 2.45) is 0 Å². The summed E-state index contributed by atoms with van der Waals surface area (Å²) in [7, 11) is 1.64. The second-order valence-electron chi connectivity index (χ2n) is 6.99. The van der Waals surface area contributed by atoms with Gasteiger partial charge in [-0.15, -0.1) is 0 Å². The molecule has 2 aromatic heterocycles. The van der Waals surface area contributed by atoms with Gasteiger partial charge >= 0.3 is 0 Å². The lowest BCUT2D eigenvalue weighted by atomic mass is 10.1. The fourth-order valence-corrected chi connectivity index (χ4v) is 3.51. The minimum Gasteiger partial charge on any atom is -0.497 e. The quantitative estimate of drug-likeness (QED) is 0.229. The van der Waals surface area contributed by atoms with E-state index in [0.717, 1.165) is 28.2 Å². The molecule has 0 spiro atoms. The van der Waals surface area contributed by atoms with Gasteiger partial charge in [0.2, 0.25) is 5.91 Å². The minimum atomic E-state index is 0.00925. The van der Waals surface area contributed by atoms with E-state index in [2.05, 4.69) is 25.7 Å². The topological polar surface area (TPSA) is 103 Å². The maximum absolute atomic E-state index is 12.2. The summed E-state index contributed by atoms with van der Waals surface area (Å²) < 4.78 is 12.3. The van der Waals surface area contributed by atoms with Crippen molar-refractivity contribution in [2.45, 2.75) is 31.5 Å². The van der Waals surface area contributed by atoms with Crippen LogP contribution < -0.4 is 15.4 Å². The van der Waals surface area contributed by atoms with Crippen molar-refractivity contribution in [3.63, 3.8) is 0 Å². The zero-order chi connectivity index (χ0) is 22.8. The number of methoxy groups -OCH3 is 1. The molecule has 10 heteroatoms. The molecule has 0 aliphatic heterocycles. The van der Waals surface area contributed by atoms with Gasteiger partial charge in [-0.3, -0.25) is 4.79 Å². The first-order chi connectivity index (χ1) is 15.6.